The SMILES string of the molecule is CCCNc1ccnc(C(=O)NCC2CCSCC2)c1. The number of hydrogen-bond acceptors (Lipinski definition) is 4. The second-order valence-corrected chi connectivity index (χ2v) is 6.35. The summed E-state index contributed by atoms with van der Waals surface area (Å²) in [5.41, 5.74) is 1.46. The number of rotatable bonds is 6. The molecule has 1 fully saturated rings. The molecule has 0 spiro atoms. The Labute approximate surface area is 125 Å². The Morgan fingerprint density at radius 3 is 3.00 bits per heavy atom. The van der Waals surface area contributed by atoms with Gasteiger partial charge in [0.1, 0.15) is 5.69 Å². The molecule has 0 saturated carbocycles. The minimum Gasteiger partial charge on any atom is -0.385 e. The summed E-state index contributed by atoms with van der Waals surface area (Å²) in [5.74, 6) is 3.00. The number of nitrogens with one attached hydrogen (secondary N) is 2. The number of amides is 1. The molecule has 20 heavy (non-hydrogen) atoms. The molecule has 4 nitrogen and oxygen atoms in total. The van der Waals surface area contributed by atoms with Gasteiger partial charge in [0.15, 0.2) is 0 Å². The Morgan fingerprint density at radius 1 is 1.45 bits per heavy atom. The first-order valence-electron chi connectivity index (χ1n) is 7.35. The summed E-state index contributed by atoms with van der Waals surface area (Å²) in [6.45, 7) is 3.79. The molecule has 0 unspecified atom stereocenters. The first kappa shape index (κ1) is 15.2. The van der Waals surface area contributed by atoms with Crippen molar-refractivity contribution in [3.8, 4) is 0 Å². The third-order valence-electron chi connectivity index (χ3n) is 3.46. The molecule has 2 rings (SSSR count). The highest BCUT2D eigenvalue weighted by molar-refractivity contribution is 7.99. The zero-order valence-electron chi connectivity index (χ0n) is 12.0. The van der Waals surface area contributed by atoms with E-state index in [0.717, 1.165) is 25.2 Å². The van der Waals surface area contributed by atoms with Crippen LogP contribution in [0.5, 0.6) is 0 Å². The van der Waals surface area contributed by atoms with Crippen molar-refractivity contribution in [3.63, 3.8) is 0 Å². The topological polar surface area (TPSA) is 54.0 Å². The monoisotopic (exact) mass is 293 g/mol. The van der Waals surface area contributed by atoms with Crippen LogP contribution in [0.4, 0.5) is 5.69 Å². The number of pyridine rings is 1. The molecule has 1 amide bonds. The maximum Gasteiger partial charge on any atom is 0.269 e. The Balaban J connectivity index is 1.84. The molecule has 5 heteroatoms. The van der Waals surface area contributed by atoms with E-state index in [4.69, 9.17) is 0 Å². The van der Waals surface area contributed by atoms with Crippen LogP contribution in [-0.2, 0) is 0 Å². The number of carbonyl (C=O) groups is 1. The summed E-state index contributed by atoms with van der Waals surface area (Å²) >= 11 is 2.01. The highest BCUT2D eigenvalue weighted by atomic mass is 32.2. The summed E-state index contributed by atoms with van der Waals surface area (Å²) in [7, 11) is 0. The highest BCUT2D eigenvalue weighted by Gasteiger charge is 2.15. The van der Waals surface area contributed by atoms with Gasteiger partial charge in [-0.2, -0.15) is 11.8 Å². The van der Waals surface area contributed by atoms with E-state index in [9.17, 15) is 4.79 Å². The fourth-order valence-corrected chi connectivity index (χ4v) is 3.42. The quantitative estimate of drug-likeness (QED) is 0.847. The van der Waals surface area contributed by atoms with Crippen molar-refractivity contribution in [3.05, 3.63) is 24.0 Å². The average molecular weight is 293 g/mol. The van der Waals surface area contributed by atoms with E-state index in [1.807, 2.05) is 23.9 Å². The van der Waals surface area contributed by atoms with Gasteiger partial charge in [-0.15, -0.1) is 0 Å². The summed E-state index contributed by atoms with van der Waals surface area (Å²) in [6, 6.07) is 3.71. The molecule has 1 saturated heterocycles. The normalized spacial score (nSPS) is 15.8. The lowest BCUT2D eigenvalue weighted by atomic mass is 10.0. The van der Waals surface area contributed by atoms with E-state index < -0.39 is 0 Å². The van der Waals surface area contributed by atoms with E-state index in [1.54, 1.807) is 6.20 Å². The molecule has 0 bridgehead atoms. The summed E-state index contributed by atoms with van der Waals surface area (Å²) < 4.78 is 0. The maximum atomic E-state index is 12.1. The maximum absolute atomic E-state index is 12.1. The second kappa shape index (κ2) is 8.15. The molecule has 2 heterocycles. The van der Waals surface area contributed by atoms with Gasteiger partial charge in [0, 0.05) is 25.0 Å². The second-order valence-electron chi connectivity index (χ2n) is 5.12. The molecule has 1 aromatic heterocycles. The van der Waals surface area contributed by atoms with E-state index in [-0.39, 0.29) is 5.91 Å². The van der Waals surface area contributed by atoms with Crippen molar-refractivity contribution in [2.24, 2.45) is 5.92 Å². The molecule has 2 N–H and O–H groups in total. The molecule has 0 aliphatic carbocycles. The Morgan fingerprint density at radius 2 is 2.25 bits per heavy atom. The number of nitrogens with zero attached hydrogens (tertiary/aromatic N) is 1. The van der Waals surface area contributed by atoms with Crippen LogP contribution in [0, 0.1) is 5.92 Å². The molecule has 0 atom stereocenters. The van der Waals surface area contributed by atoms with Crippen LogP contribution in [0.25, 0.3) is 0 Å². The third kappa shape index (κ3) is 4.71. The summed E-state index contributed by atoms with van der Waals surface area (Å²) in [4.78, 5) is 16.3. The van der Waals surface area contributed by atoms with Crippen LogP contribution in [0.1, 0.15) is 36.7 Å². The zero-order chi connectivity index (χ0) is 14.2. The van der Waals surface area contributed by atoms with Gasteiger partial charge in [-0.3, -0.25) is 9.78 Å². The van der Waals surface area contributed by atoms with E-state index in [0.29, 0.717) is 11.6 Å². The lowest BCUT2D eigenvalue weighted by Crippen LogP contribution is -2.31. The Hall–Kier alpha value is -1.23. The number of anilines is 1. The predicted octanol–water partition coefficient (Wildman–Crippen LogP) is 2.78. The van der Waals surface area contributed by atoms with Crippen molar-refractivity contribution in [2.45, 2.75) is 26.2 Å². The van der Waals surface area contributed by atoms with E-state index in [1.165, 1.54) is 24.3 Å². The summed E-state index contributed by atoms with van der Waals surface area (Å²) in [5, 5.41) is 6.29. The number of aromatic nitrogens is 1. The van der Waals surface area contributed by atoms with Crippen molar-refractivity contribution >= 4 is 23.4 Å². The predicted molar refractivity (Wildman–Crippen MR) is 85.4 cm³/mol. The summed E-state index contributed by atoms with van der Waals surface area (Å²) in [6.07, 6.45) is 5.15. The van der Waals surface area contributed by atoms with Gasteiger partial charge in [0.05, 0.1) is 0 Å². The number of hydrogen-bond donors (Lipinski definition) is 2. The van der Waals surface area contributed by atoms with Gasteiger partial charge in [0.25, 0.3) is 5.91 Å². The van der Waals surface area contributed by atoms with Crippen molar-refractivity contribution in [1.29, 1.82) is 0 Å². The number of carbonyl (C=O) groups excluding carboxylic acids is 1. The molecule has 0 radical (unpaired) electrons. The van der Waals surface area contributed by atoms with Crippen molar-refractivity contribution < 1.29 is 4.79 Å². The lowest BCUT2D eigenvalue weighted by molar-refractivity contribution is 0.0941. The van der Waals surface area contributed by atoms with Crippen molar-refractivity contribution in [2.75, 3.05) is 29.9 Å². The Bertz CT molecular complexity index is 433. The van der Waals surface area contributed by atoms with Gasteiger partial charge in [0.2, 0.25) is 0 Å². The smallest absolute Gasteiger partial charge is 0.269 e. The molecule has 1 aromatic rings. The molecule has 0 aromatic carbocycles. The molecule has 1 aliphatic heterocycles. The van der Waals surface area contributed by atoms with Crippen molar-refractivity contribution in [1.82, 2.24) is 10.3 Å². The highest BCUT2D eigenvalue weighted by Crippen LogP contribution is 2.21. The molecule has 1 aliphatic rings. The minimum absolute atomic E-state index is 0.0663. The van der Waals surface area contributed by atoms with E-state index in [2.05, 4.69) is 22.5 Å². The largest absolute Gasteiger partial charge is 0.385 e. The standard InChI is InChI=1S/C15H23N3OS/c1-2-6-16-13-3-7-17-14(10-13)15(19)18-11-12-4-8-20-9-5-12/h3,7,10,12H,2,4-6,8-9,11H2,1H3,(H,16,17)(H,18,19). The van der Waals surface area contributed by atoms with Crippen LogP contribution in [0.15, 0.2) is 18.3 Å². The molecular weight excluding hydrogens is 270 g/mol. The van der Waals surface area contributed by atoms with Gasteiger partial charge >= 0.3 is 0 Å². The third-order valence-corrected chi connectivity index (χ3v) is 4.51. The fourth-order valence-electron chi connectivity index (χ4n) is 2.21. The first-order chi connectivity index (χ1) is 9.79. The Kier molecular flexibility index (Phi) is 6.18. The van der Waals surface area contributed by atoms with Crippen LogP contribution < -0.4 is 10.6 Å². The van der Waals surface area contributed by atoms with Gasteiger partial charge in [-0.1, -0.05) is 6.92 Å². The van der Waals surface area contributed by atoms with E-state index >= 15 is 0 Å². The van der Waals surface area contributed by atoms with Gasteiger partial charge in [-0.25, -0.2) is 0 Å². The van der Waals surface area contributed by atoms with Crippen LogP contribution in [0.3, 0.4) is 0 Å². The molecular formula is C15H23N3OS. The van der Waals surface area contributed by atoms with Crippen LogP contribution in [-0.4, -0.2) is 35.5 Å². The van der Waals surface area contributed by atoms with Crippen LogP contribution >= 0.6 is 11.8 Å². The fraction of sp³-hybridized carbons (Fsp3) is 0.600. The molecule has 110 valence electrons. The van der Waals surface area contributed by atoms with Crippen LogP contribution in [0.2, 0.25) is 0 Å². The van der Waals surface area contributed by atoms with Gasteiger partial charge < -0.3 is 10.6 Å². The minimum atomic E-state index is -0.0663. The zero-order valence-corrected chi connectivity index (χ0v) is 12.8. The first-order valence-corrected chi connectivity index (χ1v) is 8.51. The number of thioether (sulfide) groups is 1. The average Bonchev–Trinajstić information content (AvgIpc) is 2.52. The van der Waals surface area contributed by atoms with Gasteiger partial charge in [-0.05, 0) is 48.8 Å². The lowest BCUT2D eigenvalue weighted by Gasteiger charge is -2.21.